The van der Waals surface area contributed by atoms with E-state index in [4.69, 9.17) is 0 Å². The van der Waals surface area contributed by atoms with E-state index in [9.17, 15) is 12.8 Å². The lowest BCUT2D eigenvalue weighted by atomic mass is 10.1. The molecule has 0 amide bonds. The van der Waals surface area contributed by atoms with Crippen molar-refractivity contribution in [3.05, 3.63) is 45.9 Å². The van der Waals surface area contributed by atoms with Gasteiger partial charge in [-0.3, -0.25) is 4.72 Å². The van der Waals surface area contributed by atoms with Crippen LogP contribution in [-0.4, -0.2) is 14.7 Å². The van der Waals surface area contributed by atoms with Crippen molar-refractivity contribution in [1.82, 2.24) is 0 Å². The topological polar surface area (TPSA) is 58.2 Å². The summed E-state index contributed by atoms with van der Waals surface area (Å²) in [5.41, 5.74) is 1.79. The van der Waals surface area contributed by atoms with Crippen molar-refractivity contribution in [3.63, 3.8) is 0 Å². The van der Waals surface area contributed by atoms with E-state index in [1.54, 1.807) is 17.4 Å². The molecule has 2 aromatic rings. The van der Waals surface area contributed by atoms with Crippen LogP contribution < -0.4 is 10.0 Å². The molecule has 1 aromatic heterocycles. The van der Waals surface area contributed by atoms with Crippen LogP contribution in [0.2, 0.25) is 0 Å². The van der Waals surface area contributed by atoms with Crippen LogP contribution in [0, 0.1) is 12.7 Å². The molecule has 0 bridgehead atoms. The Hall–Kier alpha value is -1.60. The molecule has 21 heavy (non-hydrogen) atoms. The monoisotopic (exact) mass is 328 g/mol. The summed E-state index contributed by atoms with van der Waals surface area (Å²) < 4.78 is 38.2. The van der Waals surface area contributed by atoms with Gasteiger partial charge >= 0.3 is 0 Å². The Morgan fingerprint density at radius 1 is 1.29 bits per heavy atom. The predicted octanol–water partition coefficient (Wildman–Crippen LogP) is 3.74. The number of thiophene rings is 1. The molecule has 1 atom stereocenters. The Balaban J connectivity index is 2.21. The Kier molecular flexibility index (Phi) is 4.53. The lowest BCUT2D eigenvalue weighted by Gasteiger charge is -2.16. The van der Waals surface area contributed by atoms with Gasteiger partial charge < -0.3 is 5.32 Å². The van der Waals surface area contributed by atoms with Crippen LogP contribution in [-0.2, 0) is 10.0 Å². The van der Waals surface area contributed by atoms with E-state index in [1.165, 1.54) is 22.6 Å². The van der Waals surface area contributed by atoms with Crippen LogP contribution in [0.15, 0.2) is 29.6 Å². The Bertz CT molecular complexity index is 741. The predicted molar refractivity (Wildman–Crippen MR) is 86.0 cm³/mol. The smallest absolute Gasteiger partial charge is 0.229 e. The summed E-state index contributed by atoms with van der Waals surface area (Å²) in [7, 11) is -3.51. The van der Waals surface area contributed by atoms with E-state index in [2.05, 4.69) is 10.0 Å². The highest BCUT2D eigenvalue weighted by Gasteiger charge is 2.12. The van der Waals surface area contributed by atoms with Crippen LogP contribution in [0.4, 0.5) is 15.8 Å². The van der Waals surface area contributed by atoms with E-state index >= 15 is 0 Å². The van der Waals surface area contributed by atoms with Gasteiger partial charge in [0.25, 0.3) is 0 Å². The quantitative estimate of drug-likeness (QED) is 0.879. The lowest BCUT2D eigenvalue weighted by Crippen LogP contribution is -2.12. The van der Waals surface area contributed by atoms with Crippen molar-refractivity contribution in [1.29, 1.82) is 0 Å². The lowest BCUT2D eigenvalue weighted by molar-refractivity contribution is 0.604. The number of anilines is 2. The average Bonchev–Trinajstić information content (AvgIpc) is 2.78. The van der Waals surface area contributed by atoms with E-state index < -0.39 is 15.8 Å². The SMILES string of the molecule is Cc1ccsc1C(C)Nc1ccc(F)c(NS(C)(=O)=O)c1. The highest BCUT2D eigenvalue weighted by Crippen LogP contribution is 2.28. The number of hydrogen-bond acceptors (Lipinski definition) is 4. The molecular weight excluding hydrogens is 311 g/mol. The third kappa shape index (κ3) is 4.18. The summed E-state index contributed by atoms with van der Waals surface area (Å²) in [6.45, 7) is 4.04. The standard InChI is InChI=1S/C14H17FN2O2S2/c1-9-6-7-20-14(9)10(2)16-11-4-5-12(15)13(8-11)17-21(3,18)19/h4-8,10,16-17H,1-3H3. The van der Waals surface area contributed by atoms with Gasteiger partial charge in [0.15, 0.2) is 0 Å². The van der Waals surface area contributed by atoms with Crippen molar-refractivity contribution >= 4 is 32.7 Å². The van der Waals surface area contributed by atoms with Crippen LogP contribution >= 0.6 is 11.3 Å². The van der Waals surface area contributed by atoms with E-state index in [-0.39, 0.29) is 11.7 Å². The maximum absolute atomic E-state index is 13.6. The van der Waals surface area contributed by atoms with Gasteiger partial charge in [-0.25, -0.2) is 12.8 Å². The number of nitrogens with one attached hydrogen (secondary N) is 2. The molecule has 0 spiro atoms. The molecule has 1 heterocycles. The van der Waals surface area contributed by atoms with Gasteiger partial charge in [0.2, 0.25) is 10.0 Å². The van der Waals surface area contributed by atoms with Crippen LogP contribution in [0.1, 0.15) is 23.4 Å². The summed E-state index contributed by atoms with van der Waals surface area (Å²) in [6, 6.07) is 6.38. The highest BCUT2D eigenvalue weighted by molar-refractivity contribution is 7.92. The summed E-state index contributed by atoms with van der Waals surface area (Å²) in [5, 5.41) is 5.27. The highest BCUT2D eigenvalue weighted by atomic mass is 32.2. The summed E-state index contributed by atoms with van der Waals surface area (Å²) in [4.78, 5) is 1.19. The second kappa shape index (κ2) is 6.03. The maximum atomic E-state index is 13.6. The molecule has 0 radical (unpaired) electrons. The maximum Gasteiger partial charge on any atom is 0.229 e. The zero-order valence-corrected chi connectivity index (χ0v) is 13.6. The van der Waals surface area contributed by atoms with Gasteiger partial charge in [-0.05, 0) is 49.1 Å². The zero-order valence-electron chi connectivity index (χ0n) is 12.0. The summed E-state index contributed by atoms with van der Waals surface area (Å²) in [5.74, 6) is -0.606. The number of sulfonamides is 1. The first-order valence-corrected chi connectivity index (χ1v) is 9.11. The third-order valence-corrected chi connectivity index (χ3v) is 4.73. The van der Waals surface area contributed by atoms with Crippen molar-refractivity contribution in [2.24, 2.45) is 0 Å². The van der Waals surface area contributed by atoms with Crippen molar-refractivity contribution < 1.29 is 12.8 Å². The molecule has 0 aliphatic carbocycles. The molecule has 0 aliphatic heterocycles. The molecule has 2 rings (SSSR count). The molecule has 2 N–H and O–H groups in total. The van der Waals surface area contributed by atoms with Crippen LogP contribution in [0.5, 0.6) is 0 Å². The number of benzene rings is 1. The fourth-order valence-corrected chi connectivity index (χ4v) is 3.53. The van der Waals surface area contributed by atoms with E-state index in [0.29, 0.717) is 5.69 Å². The van der Waals surface area contributed by atoms with Gasteiger partial charge in [-0.15, -0.1) is 11.3 Å². The van der Waals surface area contributed by atoms with Gasteiger partial charge in [0.1, 0.15) is 5.82 Å². The average molecular weight is 328 g/mol. The molecule has 1 aromatic carbocycles. The molecular formula is C14H17FN2O2S2. The molecule has 1 unspecified atom stereocenters. The molecule has 7 heteroatoms. The normalized spacial score (nSPS) is 13.0. The first kappa shape index (κ1) is 15.8. The van der Waals surface area contributed by atoms with E-state index in [0.717, 1.165) is 6.26 Å². The summed E-state index contributed by atoms with van der Waals surface area (Å²) in [6.07, 6.45) is 0.990. The fourth-order valence-electron chi connectivity index (χ4n) is 2.04. The number of rotatable bonds is 5. The van der Waals surface area contributed by atoms with E-state index in [1.807, 2.05) is 25.3 Å². The Morgan fingerprint density at radius 3 is 2.57 bits per heavy atom. The minimum absolute atomic E-state index is 0.0570. The first-order valence-electron chi connectivity index (χ1n) is 6.34. The zero-order chi connectivity index (χ0) is 15.6. The molecule has 0 saturated heterocycles. The molecule has 0 aliphatic rings. The van der Waals surface area contributed by atoms with Crippen molar-refractivity contribution in [2.75, 3.05) is 16.3 Å². The first-order chi connectivity index (χ1) is 9.76. The minimum atomic E-state index is -3.51. The number of aryl methyl sites for hydroxylation is 1. The van der Waals surface area contributed by atoms with Crippen molar-refractivity contribution in [2.45, 2.75) is 19.9 Å². The molecule has 4 nitrogen and oxygen atoms in total. The minimum Gasteiger partial charge on any atom is -0.378 e. The molecule has 0 fully saturated rings. The Morgan fingerprint density at radius 2 is 2.00 bits per heavy atom. The van der Waals surface area contributed by atoms with Crippen LogP contribution in [0.3, 0.4) is 0 Å². The number of hydrogen-bond donors (Lipinski definition) is 2. The van der Waals surface area contributed by atoms with Crippen LogP contribution in [0.25, 0.3) is 0 Å². The Labute approximate surface area is 128 Å². The second-order valence-electron chi connectivity index (χ2n) is 4.90. The van der Waals surface area contributed by atoms with Gasteiger partial charge in [-0.2, -0.15) is 0 Å². The van der Waals surface area contributed by atoms with Gasteiger partial charge in [0, 0.05) is 10.6 Å². The number of halogens is 1. The summed E-state index contributed by atoms with van der Waals surface area (Å²) >= 11 is 1.65. The third-order valence-electron chi connectivity index (χ3n) is 2.94. The largest absolute Gasteiger partial charge is 0.378 e. The second-order valence-corrected chi connectivity index (χ2v) is 7.60. The molecule has 114 valence electrons. The van der Waals surface area contributed by atoms with Gasteiger partial charge in [0.05, 0.1) is 18.0 Å². The fraction of sp³-hybridized carbons (Fsp3) is 0.286. The van der Waals surface area contributed by atoms with Crippen molar-refractivity contribution in [3.8, 4) is 0 Å². The van der Waals surface area contributed by atoms with Gasteiger partial charge in [-0.1, -0.05) is 0 Å². The molecule has 0 saturated carbocycles.